The molecule has 0 saturated carbocycles. The highest BCUT2D eigenvalue weighted by atomic mass is 35.5. The zero-order valence-corrected chi connectivity index (χ0v) is 9.17. The van der Waals surface area contributed by atoms with Crippen molar-refractivity contribution in [3.8, 4) is 5.75 Å². The molecule has 0 aliphatic heterocycles. The molecule has 16 heavy (non-hydrogen) atoms. The lowest BCUT2D eigenvalue weighted by molar-refractivity contribution is 0.408. The maximum Gasteiger partial charge on any atom is 0.272 e. The van der Waals surface area contributed by atoms with E-state index in [0.717, 1.165) is 0 Å². The van der Waals surface area contributed by atoms with Gasteiger partial charge in [-0.25, -0.2) is 0 Å². The maximum absolute atomic E-state index is 11.2. The van der Waals surface area contributed by atoms with Gasteiger partial charge in [0.05, 0.1) is 7.11 Å². The molecule has 4 nitrogen and oxygen atoms in total. The first-order chi connectivity index (χ1) is 7.63. The normalized spacial score (nSPS) is 10.4. The molecule has 0 bridgehead atoms. The number of methoxy groups -OCH3 is 1. The summed E-state index contributed by atoms with van der Waals surface area (Å²) in [5.41, 5.74) is -0.296. The summed E-state index contributed by atoms with van der Waals surface area (Å²) >= 11 is 5.72. The van der Waals surface area contributed by atoms with E-state index in [0.29, 0.717) is 10.7 Å². The Balaban J connectivity index is 2.28. The molecule has 2 aromatic carbocycles. The average molecular weight is 238 g/mol. The molecule has 1 N–H and O–H groups in total. The van der Waals surface area contributed by atoms with Gasteiger partial charge in [0.25, 0.3) is 10.9 Å². The van der Waals surface area contributed by atoms with E-state index in [1.165, 1.54) is 7.11 Å². The van der Waals surface area contributed by atoms with E-state index in [2.05, 4.69) is 5.32 Å². The number of hydrogen-bond acceptors (Lipinski definition) is 4. The summed E-state index contributed by atoms with van der Waals surface area (Å²) in [6.45, 7) is 0. The molecule has 82 valence electrons. The fourth-order valence-electron chi connectivity index (χ4n) is 1.36. The third-order valence-corrected chi connectivity index (χ3v) is 2.44. The molecule has 0 radical (unpaired) electrons. The third kappa shape index (κ3) is 1.67. The van der Waals surface area contributed by atoms with Crippen LogP contribution in [-0.4, -0.2) is 7.11 Å². The Morgan fingerprint density at radius 2 is 1.75 bits per heavy atom. The van der Waals surface area contributed by atoms with Crippen LogP contribution in [0.5, 0.6) is 5.75 Å². The van der Waals surface area contributed by atoms with Gasteiger partial charge in [0, 0.05) is 10.7 Å². The largest absolute Gasteiger partial charge is 0.491 e. The van der Waals surface area contributed by atoms with Crippen LogP contribution in [0.15, 0.2) is 33.9 Å². The summed E-state index contributed by atoms with van der Waals surface area (Å²) in [6, 6.07) is 6.78. The zero-order valence-electron chi connectivity index (χ0n) is 8.41. The van der Waals surface area contributed by atoms with Crippen LogP contribution < -0.4 is 20.9 Å². The van der Waals surface area contributed by atoms with Crippen LogP contribution in [-0.2, 0) is 0 Å². The minimum Gasteiger partial charge on any atom is -0.491 e. The van der Waals surface area contributed by atoms with E-state index in [9.17, 15) is 9.59 Å². The van der Waals surface area contributed by atoms with Crippen LogP contribution in [0.2, 0.25) is 5.02 Å². The molecule has 0 saturated heterocycles. The quantitative estimate of drug-likeness (QED) is 0.826. The number of halogens is 1. The Bertz CT molecular complexity index is 582. The molecule has 0 heterocycles. The predicted octanol–water partition coefficient (Wildman–Crippen LogP) is 1.69. The first-order valence-electron chi connectivity index (χ1n) is 4.53. The standard InChI is InChI=1S/C11H8ClNO3/c1-16-11-8(9(14)10(11)15)13-7-4-2-6(12)3-5-7/h2-5,13H,1H3. The lowest BCUT2D eigenvalue weighted by Crippen LogP contribution is -2.34. The van der Waals surface area contributed by atoms with Crippen molar-refractivity contribution < 1.29 is 4.74 Å². The van der Waals surface area contributed by atoms with Gasteiger partial charge >= 0.3 is 0 Å². The van der Waals surface area contributed by atoms with Crippen molar-refractivity contribution in [1.29, 1.82) is 0 Å². The van der Waals surface area contributed by atoms with Gasteiger partial charge in [-0.1, -0.05) is 11.6 Å². The molecular weight excluding hydrogens is 230 g/mol. The zero-order chi connectivity index (χ0) is 11.7. The maximum atomic E-state index is 11.2. The van der Waals surface area contributed by atoms with Gasteiger partial charge in [0.15, 0.2) is 5.75 Å². The Kier molecular flexibility index (Phi) is 2.66. The summed E-state index contributed by atoms with van der Waals surface area (Å²) in [4.78, 5) is 22.3. The highest BCUT2D eigenvalue weighted by Gasteiger charge is 2.21. The summed E-state index contributed by atoms with van der Waals surface area (Å²) in [6.07, 6.45) is 0. The highest BCUT2D eigenvalue weighted by molar-refractivity contribution is 6.30. The lowest BCUT2D eigenvalue weighted by atomic mass is 10.2. The van der Waals surface area contributed by atoms with Crippen LogP contribution >= 0.6 is 11.6 Å². The van der Waals surface area contributed by atoms with Gasteiger partial charge in [-0.3, -0.25) is 9.59 Å². The summed E-state index contributed by atoms with van der Waals surface area (Å²) < 4.78 is 4.80. The molecule has 5 heteroatoms. The molecule has 0 aliphatic rings. The van der Waals surface area contributed by atoms with Crippen LogP contribution in [0.1, 0.15) is 0 Å². The Hall–Kier alpha value is -1.81. The van der Waals surface area contributed by atoms with Crippen molar-refractivity contribution in [2.45, 2.75) is 0 Å². The van der Waals surface area contributed by atoms with Crippen molar-refractivity contribution in [1.82, 2.24) is 0 Å². The van der Waals surface area contributed by atoms with Gasteiger partial charge in [0.1, 0.15) is 5.69 Å². The molecule has 0 aliphatic carbocycles. The van der Waals surface area contributed by atoms with Gasteiger partial charge in [-0.2, -0.15) is 0 Å². The SMILES string of the molecule is COc1c(Nc2ccc(Cl)cc2)c(=O)c1=O. The second-order valence-corrected chi connectivity index (χ2v) is 3.63. The number of anilines is 2. The van der Waals surface area contributed by atoms with Crippen LogP contribution in [0.25, 0.3) is 0 Å². The van der Waals surface area contributed by atoms with Gasteiger partial charge < -0.3 is 10.1 Å². The van der Waals surface area contributed by atoms with E-state index in [4.69, 9.17) is 16.3 Å². The minimum absolute atomic E-state index is 0.0694. The summed E-state index contributed by atoms with van der Waals surface area (Å²) in [5, 5.41) is 3.41. The fraction of sp³-hybridized carbons (Fsp3) is 0.0909. The number of benzene rings is 1. The minimum atomic E-state index is -0.598. The van der Waals surface area contributed by atoms with E-state index in [1.54, 1.807) is 24.3 Å². The second kappa shape index (κ2) is 3.98. The summed E-state index contributed by atoms with van der Waals surface area (Å²) in [7, 11) is 1.35. The van der Waals surface area contributed by atoms with Crippen LogP contribution in [0.3, 0.4) is 0 Å². The van der Waals surface area contributed by atoms with Gasteiger partial charge in [0.2, 0.25) is 0 Å². The van der Waals surface area contributed by atoms with Crippen molar-refractivity contribution >= 4 is 23.0 Å². The van der Waals surface area contributed by atoms with Crippen molar-refractivity contribution in [2.75, 3.05) is 12.4 Å². The Labute approximate surface area is 96.1 Å². The lowest BCUT2D eigenvalue weighted by Gasteiger charge is -2.11. The first kappa shape index (κ1) is 10.7. The molecule has 2 rings (SSSR count). The average Bonchev–Trinajstić information content (AvgIpc) is 2.30. The topological polar surface area (TPSA) is 55.4 Å². The van der Waals surface area contributed by atoms with E-state index in [1.807, 2.05) is 0 Å². The van der Waals surface area contributed by atoms with E-state index < -0.39 is 10.9 Å². The van der Waals surface area contributed by atoms with Crippen molar-refractivity contribution in [2.24, 2.45) is 0 Å². The Morgan fingerprint density at radius 1 is 1.12 bits per heavy atom. The number of nitrogens with one attached hydrogen (secondary N) is 1. The van der Waals surface area contributed by atoms with E-state index in [-0.39, 0.29) is 11.4 Å². The molecular formula is C11H8ClNO3. The predicted molar refractivity (Wildman–Crippen MR) is 62.6 cm³/mol. The molecule has 0 aromatic heterocycles. The smallest absolute Gasteiger partial charge is 0.272 e. The molecule has 0 atom stereocenters. The monoisotopic (exact) mass is 237 g/mol. The molecule has 2 aromatic rings. The number of hydrogen-bond donors (Lipinski definition) is 1. The molecule has 0 fully saturated rings. The van der Waals surface area contributed by atoms with Gasteiger partial charge in [-0.15, -0.1) is 0 Å². The van der Waals surface area contributed by atoms with Crippen molar-refractivity contribution in [3.05, 3.63) is 49.7 Å². The Morgan fingerprint density at radius 3 is 2.31 bits per heavy atom. The fourth-order valence-corrected chi connectivity index (χ4v) is 1.48. The first-order valence-corrected chi connectivity index (χ1v) is 4.91. The third-order valence-electron chi connectivity index (χ3n) is 2.18. The van der Waals surface area contributed by atoms with Crippen LogP contribution in [0.4, 0.5) is 11.4 Å². The van der Waals surface area contributed by atoms with Crippen molar-refractivity contribution in [3.63, 3.8) is 0 Å². The second-order valence-electron chi connectivity index (χ2n) is 3.20. The van der Waals surface area contributed by atoms with Crippen LogP contribution in [0, 0.1) is 0 Å². The summed E-state index contributed by atoms with van der Waals surface area (Å²) in [5.74, 6) is 0.0694. The van der Waals surface area contributed by atoms with Gasteiger partial charge in [-0.05, 0) is 24.3 Å². The molecule has 0 unspecified atom stereocenters. The number of rotatable bonds is 3. The molecule has 0 amide bonds. The number of ether oxygens (including phenoxy) is 1. The highest BCUT2D eigenvalue weighted by Crippen LogP contribution is 2.23. The van der Waals surface area contributed by atoms with E-state index >= 15 is 0 Å². The molecule has 0 spiro atoms.